The fourth-order valence-corrected chi connectivity index (χ4v) is 3.22. The van der Waals surface area contributed by atoms with Crippen LogP contribution in [0.3, 0.4) is 0 Å². The van der Waals surface area contributed by atoms with Crippen molar-refractivity contribution in [3.8, 4) is 11.5 Å². The normalized spacial score (nSPS) is 10.5. The summed E-state index contributed by atoms with van der Waals surface area (Å²) in [5.41, 5.74) is 3.99. The van der Waals surface area contributed by atoms with E-state index in [0.717, 1.165) is 0 Å². The van der Waals surface area contributed by atoms with Crippen LogP contribution in [0.15, 0.2) is 84.5 Å². The molecule has 0 fully saturated rings. The molecule has 0 radical (unpaired) electrons. The molecule has 3 rings (SSSR count). The van der Waals surface area contributed by atoms with Crippen LogP contribution in [0.2, 0.25) is 0 Å². The van der Waals surface area contributed by atoms with E-state index in [1.165, 1.54) is 18.3 Å². The number of nitrogens with one attached hydrogen (secondary N) is 3. The minimum atomic E-state index is -1.05. The summed E-state index contributed by atoms with van der Waals surface area (Å²) < 4.78 is 5.39. The molecule has 4 N–H and O–H groups in total. The van der Waals surface area contributed by atoms with E-state index in [-0.39, 0.29) is 17.0 Å². The Hall–Kier alpha value is -4.92. The Morgan fingerprint density at radius 1 is 0.972 bits per heavy atom. The molecule has 3 aromatic rings. The van der Waals surface area contributed by atoms with E-state index < -0.39 is 17.7 Å². The first-order chi connectivity index (χ1) is 17.4. The molecule has 3 amide bonds. The van der Waals surface area contributed by atoms with Crippen LogP contribution in [0, 0.1) is 0 Å². The summed E-state index contributed by atoms with van der Waals surface area (Å²) in [6.07, 6.45) is 3.34. The lowest BCUT2D eigenvalue weighted by atomic mass is 10.1. The first kappa shape index (κ1) is 25.7. The van der Waals surface area contributed by atoms with E-state index in [9.17, 15) is 19.5 Å². The molecule has 0 aromatic heterocycles. The molecule has 0 aliphatic rings. The van der Waals surface area contributed by atoms with Crippen LogP contribution in [-0.2, 0) is 16.0 Å². The van der Waals surface area contributed by atoms with Crippen LogP contribution in [0.25, 0.3) is 0 Å². The van der Waals surface area contributed by atoms with E-state index in [2.05, 4.69) is 27.7 Å². The number of phenols is 1. The number of aromatic hydroxyl groups is 1. The number of para-hydroxylation sites is 2. The van der Waals surface area contributed by atoms with Gasteiger partial charge in [0.15, 0.2) is 0 Å². The smallest absolute Gasteiger partial charge is 0.329 e. The van der Waals surface area contributed by atoms with Gasteiger partial charge in [0.2, 0.25) is 0 Å². The van der Waals surface area contributed by atoms with Gasteiger partial charge in [-0.25, -0.2) is 5.43 Å². The highest BCUT2D eigenvalue weighted by Gasteiger charge is 2.18. The molecule has 9 nitrogen and oxygen atoms in total. The molecule has 0 saturated heterocycles. The van der Waals surface area contributed by atoms with E-state index in [0.29, 0.717) is 35.6 Å². The van der Waals surface area contributed by atoms with E-state index >= 15 is 0 Å². The molecule has 0 bridgehead atoms. The summed E-state index contributed by atoms with van der Waals surface area (Å²) >= 11 is 0. The fraction of sp³-hybridized carbons (Fsp3) is 0.111. The highest BCUT2D eigenvalue weighted by Crippen LogP contribution is 2.22. The van der Waals surface area contributed by atoms with Gasteiger partial charge in [-0.05, 0) is 61.4 Å². The number of carbonyl (C=O) groups is 3. The number of phenolic OH excluding ortho intramolecular Hbond substituents is 1. The molecule has 0 saturated carbocycles. The highest BCUT2D eigenvalue weighted by atomic mass is 16.5. The van der Waals surface area contributed by atoms with Crippen molar-refractivity contribution in [1.82, 2.24) is 5.43 Å². The number of hydrazone groups is 1. The SMILES string of the molecule is C=CCc1cccc(/C=N/NC(=O)C(=O)Nc2ccccc2C(=O)Nc2ccc(OCC)cc2)c1O. The average Bonchev–Trinajstić information content (AvgIpc) is 2.88. The predicted octanol–water partition coefficient (Wildman–Crippen LogP) is 3.86. The largest absolute Gasteiger partial charge is 0.507 e. The van der Waals surface area contributed by atoms with Crippen molar-refractivity contribution in [2.75, 3.05) is 17.2 Å². The molecule has 0 aliphatic heterocycles. The van der Waals surface area contributed by atoms with Crippen molar-refractivity contribution in [3.05, 3.63) is 96.1 Å². The van der Waals surface area contributed by atoms with Gasteiger partial charge in [0.05, 0.1) is 24.1 Å². The highest BCUT2D eigenvalue weighted by molar-refractivity contribution is 6.40. The first-order valence-electron chi connectivity index (χ1n) is 11.1. The second kappa shape index (κ2) is 12.5. The summed E-state index contributed by atoms with van der Waals surface area (Å²) in [6.45, 7) is 6.04. The molecule has 3 aromatic carbocycles. The van der Waals surface area contributed by atoms with Crippen LogP contribution < -0.4 is 20.8 Å². The van der Waals surface area contributed by atoms with Gasteiger partial charge in [-0.2, -0.15) is 5.10 Å². The van der Waals surface area contributed by atoms with E-state index in [1.54, 1.807) is 60.7 Å². The third-order valence-corrected chi connectivity index (χ3v) is 4.93. The minimum Gasteiger partial charge on any atom is -0.507 e. The van der Waals surface area contributed by atoms with Crippen LogP contribution in [0.1, 0.15) is 28.4 Å². The van der Waals surface area contributed by atoms with Crippen molar-refractivity contribution in [1.29, 1.82) is 0 Å². The van der Waals surface area contributed by atoms with Gasteiger partial charge >= 0.3 is 11.8 Å². The van der Waals surface area contributed by atoms with Gasteiger partial charge in [-0.1, -0.05) is 30.3 Å². The molecule has 0 aliphatic carbocycles. The van der Waals surface area contributed by atoms with Crippen molar-refractivity contribution in [2.45, 2.75) is 13.3 Å². The Balaban J connectivity index is 1.63. The molecule has 36 heavy (non-hydrogen) atoms. The van der Waals surface area contributed by atoms with Crippen LogP contribution in [-0.4, -0.2) is 35.6 Å². The van der Waals surface area contributed by atoms with E-state index in [4.69, 9.17) is 4.74 Å². The second-order valence-electron chi connectivity index (χ2n) is 7.46. The zero-order valence-corrected chi connectivity index (χ0v) is 19.7. The Bertz CT molecular complexity index is 1290. The van der Waals surface area contributed by atoms with Crippen molar-refractivity contribution in [2.24, 2.45) is 5.10 Å². The lowest BCUT2D eigenvalue weighted by Crippen LogP contribution is -2.33. The zero-order valence-electron chi connectivity index (χ0n) is 19.7. The summed E-state index contributed by atoms with van der Waals surface area (Å²) in [5, 5.41) is 19.1. The lowest BCUT2D eigenvalue weighted by molar-refractivity contribution is -0.136. The summed E-state index contributed by atoms with van der Waals surface area (Å²) in [4.78, 5) is 37.4. The molecule has 0 unspecified atom stereocenters. The van der Waals surface area contributed by atoms with Gasteiger partial charge in [-0.15, -0.1) is 6.58 Å². The molecular weight excluding hydrogens is 460 g/mol. The number of hydrogen-bond acceptors (Lipinski definition) is 6. The van der Waals surface area contributed by atoms with Gasteiger partial charge in [0, 0.05) is 11.3 Å². The van der Waals surface area contributed by atoms with Gasteiger partial charge in [-0.3, -0.25) is 14.4 Å². The maximum Gasteiger partial charge on any atom is 0.329 e. The predicted molar refractivity (Wildman–Crippen MR) is 138 cm³/mol. The maximum atomic E-state index is 12.8. The summed E-state index contributed by atoms with van der Waals surface area (Å²) in [5.74, 6) is -1.85. The zero-order chi connectivity index (χ0) is 25.9. The molecule has 9 heteroatoms. The Morgan fingerprint density at radius 2 is 1.72 bits per heavy atom. The van der Waals surface area contributed by atoms with E-state index in [1.807, 2.05) is 6.92 Å². The average molecular weight is 487 g/mol. The van der Waals surface area contributed by atoms with Crippen LogP contribution in [0.5, 0.6) is 11.5 Å². The standard InChI is InChI=1S/C27H26N4O5/c1-3-8-18-9-7-10-19(24(18)32)17-28-31-27(35)26(34)30-23-12-6-5-11-22(23)25(33)29-20-13-15-21(16-14-20)36-4-2/h3,5-7,9-17,32H,1,4,8H2,2H3,(H,29,33)(H,30,34)(H,31,35)/b28-17+. The number of hydrogen-bond donors (Lipinski definition) is 4. The van der Waals surface area contributed by atoms with Gasteiger partial charge in [0.1, 0.15) is 11.5 Å². The minimum absolute atomic E-state index is 0.00678. The van der Waals surface area contributed by atoms with Crippen LogP contribution >= 0.6 is 0 Å². The van der Waals surface area contributed by atoms with Crippen molar-refractivity contribution < 1.29 is 24.2 Å². The molecule has 184 valence electrons. The fourth-order valence-electron chi connectivity index (χ4n) is 3.22. The molecule has 0 atom stereocenters. The summed E-state index contributed by atoms with van der Waals surface area (Å²) in [7, 11) is 0. The molecule has 0 spiro atoms. The van der Waals surface area contributed by atoms with Crippen LogP contribution in [0.4, 0.5) is 11.4 Å². The van der Waals surface area contributed by atoms with Crippen molar-refractivity contribution >= 4 is 35.3 Å². The second-order valence-corrected chi connectivity index (χ2v) is 7.46. The number of allylic oxidation sites excluding steroid dienone is 1. The Kier molecular flexibility index (Phi) is 8.94. The first-order valence-corrected chi connectivity index (χ1v) is 11.1. The topological polar surface area (TPSA) is 129 Å². The van der Waals surface area contributed by atoms with Gasteiger partial charge < -0.3 is 20.5 Å². The number of amides is 3. The number of anilines is 2. The van der Waals surface area contributed by atoms with Gasteiger partial charge in [0.25, 0.3) is 5.91 Å². The number of carbonyl (C=O) groups excluding carboxylic acids is 3. The molecular formula is C27H26N4O5. The third-order valence-electron chi connectivity index (χ3n) is 4.93. The number of nitrogens with zero attached hydrogens (tertiary/aromatic N) is 1. The van der Waals surface area contributed by atoms with Crippen molar-refractivity contribution in [3.63, 3.8) is 0 Å². The third kappa shape index (κ3) is 6.80. The lowest BCUT2D eigenvalue weighted by Gasteiger charge is -2.11. The number of ether oxygens (including phenoxy) is 1. The molecule has 0 heterocycles. The maximum absolute atomic E-state index is 12.8. The number of rotatable bonds is 9. The quantitative estimate of drug-likeness (QED) is 0.158. The monoisotopic (exact) mass is 486 g/mol. The Morgan fingerprint density at radius 3 is 2.44 bits per heavy atom. The summed E-state index contributed by atoms with van der Waals surface area (Å²) in [6, 6.07) is 18.2. The Labute approximate surface area is 208 Å². The number of benzene rings is 3.